The molecule has 0 bridgehead atoms. The van der Waals surface area contributed by atoms with E-state index in [-0.39, 0.29) is 32.2 Å². The molecule has 9 heteroatoms. The molecule has 0 aliphatic carbocycles. The number of rotatable bonds is 72. The highest BCUT2D eigenvalue weighted by molar-refractivity contribution is 5.70. The van der Waals surface area contributed by atoms with Crippen molar-refractivity contribution in [3.05, 3.63) is 72.9 Å². The van der Waals surface area contributed by atoms with Gasteiger partial charge in [-0.3, -0.25) is 9.59 Å². The zero-order valence-electron chi connectivity index (χ0n) is 60.0. The van der Waals surface area contributed by atoms with Crippen molar-refractivity contribution in [2.45, 2.75) is 379 Å². The molecule has 0 aromatic carbocycles. The molecule has 0 radical (unpaired) electrons. The molecule has 90 heavy (non-hydrogen) atoms. The number of carboxylic acid groups (broad SMARTS) is 1. The third-order valence-corrected chi connectivity index (χ3v) is 17.2. The number of esters is 2. The molecule has 9 nitrogen and oxygen atoms in total. The van der Waals surface area contributed by atoms with Crippen LogP contribution in [-0.2, 0) is 33.3 Å². The number of ether oxygens (including phenoxy) is 4. The summed E-state index contributed by atoms with van der Waals surface area (Å²) in [6.07, 6.45) is 93.0. The Hall–Kier alpha value is -3.27. The van der Waals surface area contributed by atoms with Gasteiger partial charge in [0.15, 0.2) is 12.4 Å². The molecule has 0 aliphatic rings. The van der Waals surface area contributed by atoms with Crippen LogP contribution in [0.3, 0.4) is 0 Å². The van der Waals surface area contributed by atoms with Gasteiger partial charge in [0.2, 0.25) is 0 Å². The Bertz CT molecular complexity index is 1710. The fraction of sp³-hybridized carbons (Fsp3) is 0.815. The Morgan fingerprint density at radius 3 is 0.944 bits per heavy atom. The van der Waals surface area contributed by atoms with Gasteiger partial charge in [-0.25, -0.2) is 0 Å². The van der Waals surface area contributed by atoms with Crippen LogP contribution in [0.1, 0.15) is 367 Å². The number of nitrogens with zero attached hydrogens (tertiary/aromatic N) is 1. The molecule has 0 N–H and O–H groups in total. The largest absolute Gasteiger partial charge is 0.545 e. The summed E-state index contributed by atoms with van der Waals surface area (Å²) in [5.74, 6) is -2.25. The second-order valence-electron chi connectivity index (χ2n) is 27.3. The molecule has 2 unspecified atom stereocenters. The van der Waals surface area contributed by atoms with E-state index in [4.69, 9.17) is 18.9 Å². The minimum atomic E-state index is -1.62. The van der Waals surface area contributed by atoms with Crippen LogP contribution in [-0.4, -0.2) is 82.3 Å². The van der Waals surface area contributed by atoms with Crippen LogP contribution >= 0.6 is 0 Å². The summed E-state index contributed by atoms with van der Waals surface area (Å²) in [5, 5.41) is 11.8. The molecule has 0 aliphatic heterocycles. The molecule has 0 saturated heterocycles. The van der Waals surface area contributed by atoms with E-state index in [2.05, 4.69) is 86.8 Å². The number of likely N-dealkylation sites (N-methyl/N-ethyl adjacent to an activating group) is 1. The maximum absolute atomic E-state index is 13.0. The predicted molar refractivity (Wildman–Crippen MR) is 385 cm³/mol. The van der Waals surface area contributed by atoms with Gasteiger partial charge in [-0.05, 0) is 64.2 Å². The van der Waals surface area contributed by atoms with Crippen LogP contribution in [0.2, 0.25) is 0 Å². The van der Waals surface area contributed by atoms with Gasteiger partial charge in [0.25, 0.3) is 0 Å². The molecule has 0 amide bonds. The molecular formula is C81H147NO8. The zero-order chi connectivity index (χ0) is 65.4. The van der Waals surface area contributed by atoms with Crippen LogP contribution in [0.5, 0.6) is 0 Å². The summed E-state index contributed by atoms with van der Waals surface area (Å²) < 4.78 is 22.9. The normalized spacial score (nSPS) is 13.0. The highest BCUT2D eigenvalue weighted by Gasteiger charge is 2.22. The molecule has 0 aromatic rings. The lowest BCUT2D eigenvalue weighted by Crippen LogP contribution is -2.44. The van der Waals surface area contributed by atoms with E-state index in [0.717, 1.165) is 77.0 Å². The first kappa shape index (κ1) is 86.7. The van der Waals surface area contributed by atoms with E-state index < -0.39 is 24.3 Å². The first-order chi connectivity index (χ1) is 44.1. The Kier molecular flexibility index (Phi) is 69.0. The topological polar surface area (TPSA) is 111 Å². The lowest BCUT2D eigenvalue weighted by molar-refractivity contribution is -0.870. The minimum Gasteiger partial charge on any atom is -0.545 e. The molecule has 0 saturated carbocycles. The van der Waals surface area contributed by atoms with E-state index in [0.29, 0.717) is 17.4 Å². The molecule has 0 fully saturated rings. The van der Waals surface area contributed by atoms with Crippen molar-refractivity contribution in [2.24, 2.45) is 0 Å². The number of carbonyl (C=O) groups excluding carboxylic acids is 3. The van der Waals surface area contributed by atoms with Gasteiger partial charge in [-0.1, -0.05) is 363 Å². The summed E-state index contributed by atoms with van der Waals surface area (Å²) in [4.78, 5) is 37.5. The molecular weight excluding hydrogens is 1110 g/mol. The van der Waals surface area contributed by atoms with Crippen molar-refractivity contribution in [2.75, 3.05) is 47.5 Å². The number of allylic oxidation sites excluding steroid dienone is 12. The standard InChI is InChI=1S/C81H147NO8/c1-6-8-10-12-14-16-18-20-22-24-26-28-30-32-33-34-35-36-37-38-39-40-41-42-43-44-45-46-47-48-50-52-54-56-58-60-62-64-66-68-70-72-79(84)90-77(76-89-81(80(85)86)87-74-73-82(3,4)5)75-88-78(83)71-69-67-65-63-61-59-57-55-53-51-49-31-29-27-25-23-21-19-17-15-13-11-9-7-2/h8,10,14,16,20,22,26,28,32-33,35-36,77,81H,6-7,9,11-13,15,17-19,21,23-25,27,29-31,34,37-76H2,1-5H3/b10-8-,16-14-,22-20-,28-26-,33-32-,36-35-. The molecule has 0 spiro atoms. The minimum absolute atomic E-state index is 0.150. The SMILES string of the molecule is CC/C=C\C/C=C\C/C=C\C/C=C\C/C=C\C/C=C\CCCCCCCCCCCCCCCCCCCCCCCCC(=O)OC(COC(=O)CCCCCCCCCCCCCCCCCCCCCCCCCC)COC(OCC[N+](C)(C)C)C(=O)[O-]. The van der Waals surface area contributed by atoms with Gasteiger partial charge in [0.1, 0.15) is 13.2 Å². The Morgan fingerprint density at radius 1 is 0.344 bits per heavy atom. The Labute approximate surface area is 557 Å². The van der Waals surface area contributed by atoms with Crippen LogP contribution in [0.15, 0.2) is 72.9 Å². The highest BCUT2D eigenvalue weighted by Crippen LogP contribution is 2.19. The first-order valence-electron chi connectivity index (χ1n) is 38.6. The quantitative estimate of drug-likeness (QED) is 0.0195. The third kappa shape index (κ3) is 72.2. The lowest BCUT2D eigenvalue weighted by Gasteiger charge is -2.26. The predicted octanol–water partition coefficient (Wildman–Crippen LogP) is 23.1. The highest BCUT2D eigenvalue weighted by atomic mass is 16.7. The van der Waals surface area contributed by atoms with Gasteiger partial charge in [0.05, 0.1) is 40.3 Å². The van der Waals surface area contributed by atoms with Crippen LogP contribution in [0.4, 0.5) is 0 Å². The van der Waals surface area contributed by atoms with E-state index in [1.807, 2.05) is 21.1 Å². The molecule has 0 rings (SSSR count). The van der Waals surface area contributed by atoms with Crippen molar-refractivity contribution in [3.8, 4) is 0 Å². The second-order valence-corrected chi connectivity index (χ2v) is 27.3. The number of hydrogen-bond donors (Lipinski definition) is 0. The van der Waals surface area contributed by atoms with Gasteiger partial charge >= 0.3 is 11.9 Å². The molecule has 0 aromatic heterocycles. The number of aliphatic carboxylic acids is 1. The van der Waals surface area contributed by atoms with E-state index >= 15 is 0 Å². The zero-order valence-corrected chi connectivity index (χ0v) is 60.0. The number of quaternary nitrogens is 1. The summed E-state index contributed by atoms with van der Waals surface area (Å²) in [6, 6.07) is 0. The fourth-order valence-corrected chi connectivity index (χ4v) is 11.4. The number of unbranched alkanes of at least 4 members (excludes halogenated alkanes) is 45. The first-order valence-corrected chi connectivity index (χ1v) is 38.6. The van der Waals surface area contributed by atoms with E-state index in [9.17, 15) is 19.5 Å². The summed E-state index contributed by atoms with van der Waals surface area (Å²) in [7, 11) is 5.95. The van der Waals surface area contributed by atoms with Crippen molar-refractivity contribution in [3.63, 3.8) is 0 Å². The Balaban J connectivity index is 3.97. The Morgan fingerprint density at radius 2 is 0.633 bits per heavy atom. The molecule has 524 valence electrons. The molecule has 0 heterocycles. The number of carbonyl (C=O) groups is 3. The van der Waals surface area contributed by atoms with Crippen molar-refractivity contribution in [1.82, 2.24) is 0 Å². The van der Waals surface area contributed by atoms with Crippen molar-refractivity contribution < 1.29 is 42.9 Å². The second kappa shape index (κ2) is 71.6. The van der Waals surface area contributed by atoms with Gasteiger partial charge in [-0.15, -0.1) is 0 Å². The maximum Gasteiger partial charge on any atom is 0.306 e. The summed E-state index contributed by atoms with van der Waals surface area (Å²) >= 11 is 0. The average molecular weight is 1260 g/mol. The summed E-state index contributed by atoms with van der Waals surface area (Å²) in [5.41, 5.74) is 0. The van der Waals surface area contributed by atoms with Crippen LogP contribution < -0.4 is 5.11 Å². The monoisotopic (exact) mass is 1260 g/mol. The van der Waals surface area contributed by atoms with Gasteiger partial charge in [-0.2, -0.15) is 0 Å². The summed E-state index contributed by atoms with van der Waals surface area (Å²) in [6.45, 7) is 4.70. The number of carboxylic acids is 1. The average Bonchev–Trinajstić information content (AvgIpc) is 3.73. The van der Waals surface area contributed by atoms with Crippen LogP contribution in [0.25, 0.3) is 0 Å². The smallest absolute Gasteiger partial charge is 0.306 e. The van der Waals surface area contributed by atoms with Crippen LogP contribution in [0, 0.1) is 0 Å². The maximum atomic E-state index is 13.0. The van der Waals surface area contributed by atoms with Crippen molar-refractivity contribution >= 4 is 17.9 Å². The van der Waals surface area contributed by atoms with Crippen molar-refractivity contribution in [1.29, 1.82) is 0 Å². The fourth-order valence-electron chi connectivity index (χ4n) is 11.4. The van der Waals surface area contributed by atoms with Gasteiger partial charge in [0, 0.05) is 12.8 Å². The third-order valence-electron chi connectivity index (χ3n) is 17.2. The van der Waals surface area contributed by atoms with E-state index in [1.54, 1.807) is 0 Å². The molecule has 2 atom stereocenters. The van der Waals surface area contributed by atoms with Gasteiger partial charge < -0.3 is 33.3 Å². The number of hydrogen-bond acceptors (Lipinski definition) is 8. The van der Waals surface area contributed by atoms with E-state index in [1.165, 1.54) is 263 Å². The lowest BCUT2D eigenvalue weighted by atomic mass is 10.0.